The van der Waals surface area contributed by atoms with E-state index < -0.39 is 0 Å². The lowest BCUT2D eigenvalue weighted by Gasteiger charge is -1.90. The number of allylic oxidation sites excluding steroid dienone is 1. The molecule has 0 unspecified atom stereocenters. The number of ketones is 1. The Balaban J connectivity index is 2.17. The molecule has 2 aromatic heterocycles. The normalized spacial score (nSPS) is 11.2. The summed E-state index contributed by atoms with van der Waals surface area (Å²) in [6.45, 7) is 1.84. The van der Waals surface area contributed by atoms with E-state index in [2.05, 4.69) is 21.0 Å². The number of nitrogens with zero attached hydrogens (tertiary/aromatic N) is 2. The smallest absolute Gasteiger partial charge is 0.189 e. The average Bonchev–Trinajstić information content (AvgIpc) is 2.81. The van der Waals surface area contributed by atoms with Crippen molar-refractivity contribution in [1.82, 2.24) is 9.78 Å². The van der Waals surface area contributed by atoms with Gasteiger partial charge in [-0.2, -0.15) is 5.10 Å². The maximum absolute atomic E-state index is 11.9. The lowest BCUT2D eigenvalue weighted by molar-refractivity contribution is 0.104. The number of aromatic nitrogens is 2. The van der Waals surface area contributed by atoms with E-state index in [0.717, 1.165) is 15.0 Å². The predicted octanol–water partition coefficient (Wildman–Crippen LogP) is 3.45. The zero-order valence-corrected chi connectivity index (χ0v) is 11.9. The predicted molar refractivity (Wildman–Crippen MR) is 73.3 cm³/mol. The Morgan fingerprint density at radius 1 is 1.59 bits per heavy atom. The summed E-state index contributed by atoms with van der Waals surface area (Å²) < 4.78 is 2.69. The molecule has 0 spiro atoms. The van der Waals surface area contributed by atoms with Crippen molar-refractivity contribution in [1.29, 1.82) is 0 Å². The highest BCUT2D eigenvalue weighted by Crippen LogP contribution is 2.21. The van der Waals surface area contributed by atoms with Gasteiger partial charge in [-0.1, -0.05) is 0 Å². The molecule has 0 aliphatic heterocycles. The molecule has 5 heteroatoms. The number of aryl methyl sites for hydroxylation is 2. The van der Waals surface area contributed by atoms with E-state index in [0.29, 0.717) is 5.56 Å². The van der Waals surface area contributed by atoms with Gasteiger partial charge in [-0.05, 0) is 41.1 Å². The molecule has 0 atom stereocenters. The van der Waals surface area contributed by atoms with Gasteiger partial charge in [0.1, 0.15) is 0 Å². The zero-order valence-electron chi connectivity index (χ0n) is 9.48. The van der Waals surface area contributed by atoms with Crippen LogP contribution in [0.2, 0.25) is 0 Å². The number of hydrogen-bond acceptors (Lipinski definition) is 3. The first-order valence-corrected chi connectivity index (χ1v) is 6.70. The fraction of sp³-hybridized carbons (Fsp3) is 0.167. The van der Waals surface area contributed by atoms with E-state index in [9.17, 15) is 4.79 Å². The Kier molecular flexibility index (Phi) is 3.59. The average molecular weight is 311 g/mol. The van der Waals surface area contributed by atoms with Gasteiger partial charge >= 0.3 is 0 Å². The highest BCUT2D eigenvalue weighted by Gasteiger charge is 2.09. The Morgan fingerprint density at radius 2 is 2.35 bits per heavy atom. The summed E-state index contributed by atoms with van der Waals surface area (Å²) >= 11 is 4.97. The fourth-order valence-electron chi connectivity index (χ4n) is 1.50. The van der Waals surface area contributed by atoms with Crippen LogP contribution in [0, 0.1) is 6.92 Å². The lowest BCUT2D eigenvalue weighted by atomic mass is 10.1. The van der Waals surface area contributed by atoms with Crippen molar-refractivity contribution in [3.8, 4) is 0 Å². The van der Waals surface area contributed by atoms with Gasteiger partial charge in [-0.15, -0.1) is 11.3 Å². The van der Waals surface area contributed by atoms with Crippen molar-refractivity contribution >= 4 is 39.1 Å². The molecule has 0 fully saturated rings. The molecule has 88 valence electrons. The third kappa shape index (κ3) is 2.92. The van der Waals surface area contributed by atoms with Gasteiger partial charge in [0.05, 0.1) is 11.3 Å². The largest absolute Gasteiger partial charge is 0.289 e. The minimum absolute atomic E-state index is 0.0138. The first kappa shape index (κ1) is 12.3. The molecule has 0 N–H and O–H groups in total. The first-order chi connectivity index (χ1) is 8.06. The van der Waals surface area contributed by atoms with Crippen LogP contribution in [0.1, 0.15) is 20.9 Å². The highest BCUT2D eigenvalue weighted by atomic mass is 79.9. The second kappa shape index (κ2) is 4.98. The second-order valence-corrected chi connectivity index (χ2v) is 5.53. The molecule has 0 saturated heterocycles. The summed E-state index contributed by atoms with van der Waals surface area (Å²) in [7, 11) is 1.81. The maximum Gasteiger partial charge on any atom is 0.189 e. The van der Waals surface area contributed by atoms with Crippen molar-refractivity contribution in [2.24, 2.45) is 7.05 Å². The Hall–Kier alpha value is -1.20. The third-order valence-electron chi connectivity index (χ3n) is 2.27. The van der Waals surface area contributed by atoms with Crippen LogP contribution in [0.15, 0.2) is 28.2 Å². The molecule has 3 nitrogen and oxygen atoms in total. The quantitative estimate of drug-likeness (QED) is 0.643. The number of hydrogen-bond donors (Lipinski definition) is 0. The fourth-order valence-corrected chi connectivity index (χ4v) is 2.84. The van der Waals surface area contributed by atoms with Crippen molar-refractivity contribution < 1.29 is 4.79 Å². The maximum atomic E-state index is 11.9. The van der Waals surface area contributed by atoms with E-state index in [1.165, 1.54) is 0 Å². The molecule has 0 amide bonds. The molecule has 0 aliphatic rings. The molecule has 2 rings (SSSR count). The first-order valence-electron chi connectivity index (χ1n) is 5.03. The molecule has 2 aromatic rings. The summed E-state index contributed by atoms with van der Waals surface area (Å²) in [4.78, 5) is 13.0. The number of rotatable bonds is 3. The molecule has 2 heterocycles. The number of thiophene rings is 1. The minimum atomic E-state index is -0.0138. The van der Waals surface area contributed by atoms with E-state index in [4.69, 9.17) is 0 Å². The van der Waals surface area contributed by atoms with Crippen LogP contribution < -0.4 is 0 Å². The number of carbonyl (C=O) groups excluding carboxylic acids is 1. The molecule has 0 saturated carbocycles. The van der Waals surface area contributed by atoms with Crippen molar-refractivity contribution in [2.75, 3.05) is 0 Å². The molecule has 0 bridgehead atoms. The molecule has 0 radical (unpaired) electrons. The molecular formula is C12H11BrN2OS. The lowest BCUT2D eigenvalue weighted by Crippen LogP contribution is -1.94. The summed E-state index contributed by atoms with van der Waals surface area (Å²) in [5.41, 5.74) is 1.41. The van der Waals surface area contributed by atoms with Gasteiger partial charge in [-0.25, -0.2) is 0 Å². The van der Waals surface area contributed by atoms with Crippen LogP contribution in [0.25, 0.3) is 6.08 Å². The second-order valence-electron chi connectivity index (χ2n) is 3.67. The summed E-state index contributed by atoms with van der Waals surface area (Å²) in [5, 5.41) is 6.13. The Morgan fingerprint density at radius 3 is 2.88 bits per heavy atom. The van der Waals surface area contributed by atoms with E-state index in [1.54, 1.807) is 28.3 Å². The van der Waals surface area contributed by atoms with Gasteiger partial charge in [0.25, 0.3) is 0 Å². The Labute approximate surface area is 112 Å². The van der Waals surface area contributed by atoms with Crippen LogP contribution >= 0.6 is 27.3 Å². The highest BCUT2D eigenvalue weighted by molar-refractivity contribution is 9.10. The summed E-state index contributed by atoms with van der Waals surface area (Å²) in [5.74, 6) is -0.0138. The zero-order chi connectivity index (χ0) is 12.4. The SMILES string of the molecule is Cc1nn(C)cc1C(=O)/C=C/c1cc(Br)cs1. The molecule has 17 heavy (non-hydrogen) atoms. The molecule has 0 aromatic carbocycles. The van der Waals surface area contributed by atoms with Crippen molar-refractivity contribution in [3.05, 3.63) is 44.3 Å². The molecular weight excluding hydrogens is 300 g/mol. The minimum Gasteiger partial charge on any atom is -0.289 e. The topological polar surface area (TPSA) is 34.9 Å². The van der Waals surface area contributed by atoms with E-state index in [-0.39, 0.29) is 5.78 Å². The molecule has 0 aliphatic carbocycles. The number of halogens is 1. The van der Waals surface area contributed by atoms with Gasteiger partial charge in [-0.3, -0.25) is 9.48 Å². The Bertz CT molecular complexity index is 583. The van der Waals surface area contributed by atoms with Crippen LogP contribution in [0.3, 0.4) is 0 Å². The van der Waals surface area contributed by atoms with Crippen LogP contribution in [0.5, 0.6) is 0 Å². The summed E-state index contributed by atoms with van der Waals surface area (Å²) in [6, 6.07) is 1.98. The van der Waals surface area contributed by atoms with Gasteiger partial charge in [0.15, 0.2) is 5.78 Å². The third-order valence-corrected chi connectivity index (χ3v) is 3.92. The number of carbonyl (C=O) groups is 1. The standard InChI is InChI=1S/C12H11BrN2OS/c1-8-11(6-15(2)14-8)12(16)4-3-10-5-9(13)7-17-10/h3-7H,1-2H3/b4-3+. The van der Waals surface area contributed by atoms with E-state index >= 15 is 0 Å². The van der Waals surface area contributed by atoms with Gasteiger partial charge < -0.3 is 0 Å². The van der Waals surface area contributed by atoms with E-state index in [1.807, 2.05) is 31.5 Å². The van der Waals surface area contributed by atoms with Crippen LogP contribution in [-0.4, -0.2) is 15.6 Å². The monoisotopic (exact) mass is 310 g/mol. The van der Waals surface area contributed by atoms with Gasteiger partial charge in [0.2, 0.25) is 0 Å². The van der Waals surface area contributed by atoms with Crippen LogP contribution in [0.4, 0.5) is 0 Å². The van der Waals surface area contributed by atoms with Gasteiger partial charge in [0, 0.05) is 28.0 Å². The van der Waals surface area contributed by atoms with Crippen molar-refractivity contribution in [3.63, 3.8) is 0 Å². The van der Waals surface area contributed by atoms with Crippen molar-refractivity contribution in [2.45, 2.75) is 6.92 Å². The van der Waals surface area contributed by atoms with Crippen LogP contribution in [-0.2, 0) is 7.05 Å². The summed E-state index contributed by atoms with van der Waals surface area (Å²) in [6.07, 6.45) is 5.15.